The van der Waals surface area contributed by atoms with Crippen molar-refractivity contribution >= 4 is 6.08 Å². The number of benzene rings is 3. The molecule has 0 fully saturated rings. The Morgan fingerprint density at radius 3 is 2.09 bits per heavy atom. The Morgan fingerprint density at radius 1 is 0.696 bits per heavy atom. The van der Waals surface area contributed by atoms with Crippen molar-refractivity contribution in [2.75, 3.05) is 0 Å². The highest BCUT2D eigenvalue weighted by Gasteiger charge is 2.37. The van der Waals surface area contributed by atoms with Crippen LogP contribution in [-0.4, -0.2) is 0 Å². The summed E-state index contributed by atoms with van der Waals surface area (Å²) in [6.07, 6.45) is 5.69. The molecule has 0 nitrogen and oxygen atoms in total. The molecule has 1 unspecified atom stereocenters. The Hall–Kier alpha value is -2.60. The summed E-state index contributed by atoms with van der Waals surface area (Å²) >= 11 is 0. The van der Waals surface area contributed by atoms with E-state index in [1.165, 1.54) is 27.8 Å². The summed E-state index contributed by atoms with van der Waals surface area (Å²) < 4.78 is 0. The van der Waals surface area contributed by atoms with E-state index >= 15 is 0 Å². The van der Waals surface area contributed by atoms with Gasteiger partial charge in [0.15, 0.2) is 0 Å². The van der Waals surface area contributed by atoms with Crippen LogP contribution >= 0.6 is 0 Å². The molecule has 3 aromatic carbocycles. The average molecular weight is 296 g/mol. The van der Waals surface area contributed by atoms with E-state index in [0.29, 0.717) is 0 Å². The van der Waals surface area contributed by atoms with Crippen molar-refractivity contribution in [3.63, 3.8) is 0 Å². The van der Waals surface area contributed by atoms with E-state index < -0.39 is 0 Å². The highest BCUT2D eigenvalue weighted by molar-refractivity contribution is 5.73. The Morgan fingerprint density at radius 2 is 1.35 bits per heavy atom. The SMILES string of the molecule is CCc1ccc(C2(c3ccccc3)C=Cc3ccccc32)cc1. The minimum absolute atomic E-state index is 0.176. The topological polar surface area (TPSA) is 0 Å². The van der Waals surface area contributed by atoms with Gasteiger partial charge in [0.1, 0.15) is 0 Å². The molecule has 0 aromatic heterocycles. The van der Waals surface area contributed by atoms with Crippen LogP contribution in [0.2, 0.25) is 0 Å². The number of rotatable bonds is 3. The molecule has 1 atom stereocenters. The van der Waals surface area contributed by atoms with Gasteiger partial charge >= 0.3 is 0 Å². The summed E-state index contributed by atoms with van der Waals surface area (Å²) in [7, 11) is 0. The minimum Gasteiger partial charge on any atom is -0.0646 e. The molecule has 0 saturated heterocycles. The van der Waals surface area contributed by atoms with Gasteiger partial charge in [-0.2, -0.15) is 0 Å². The third kappa shape index (κ3) is 2.14. The summed E-state index contributed by atoms with van der Waals surface area (Å²) in [5, 5.41) is 0. The fourth-order valence-electron chi connectivity index (χ4n) is 3.68. The smallest absolute Gasteiger partial charge is 0.0641 e. The van der Waals surface area contributed by atoms with Crippen molar-refractivity contribution in [1.82, 2.24) is 0 Å². The first-order chi connectivity index (χ1) is 11.3. The van der Waals surface area contributed by atoms with Crippen LogP contribution in [0.5, 0.6) is 0 Å². The van der Waals surface area contributed by atoms with Gasteiger partial charge in [-0.25, -0.2) is 0 Å². The van der Waals surface area contributed by atoms with E-state index in [2.05, 4.69) is 97.9 Å². The van der Waals surface area contributed by atoms with E-state index in [-0.39, 0.29) is 5.41 Å². The Balaban J connectivity index is 1.98. The zero-order valence-electron chi connectivity index (χ0n) is 13.4. The molecule has 0 radical (unpaired) electrons. The van der Waals surface area contributed by atoms with Gasteiger partial charge < -0.3 is 0 Å². The predicted octanol–water partition coefficient (Wildman–Crippen LogP) is 5.61. The number of aryl methyl sites for hydroxylation is 1. The summed E-state index contributed by atoms with van der Waals surface area (Å²) in [5.74, 6) is 0. The highest BCUT2D eigenvalue weighted by Crippen LogP contribution is 2.46. The largest absolute Gasteiger partial charge is 0.0646 e. The maximum absolute atomic E-state index is 2.36. The summed E-state index contributed by atoms with van der Waals surface area (Å²) in [6.45, 7) is 2.20. The molecule has 0 heteroatoms. The van der Waals surface area contributed by atoms with Crippen LogP contribution in [0.15, 0.2) is 84.9 Å². The molecule has 0 aliphatic heterocycles. The second-order valence-electron chi connectivity index (χ2n) is 6.15. The maximum Gasteiger partial charge on any atom is 0.0641 e. The van der Waals surface area contributed by atoms with E-state index in [9.17, 15) is 0 Å². The molecular formula is C23H20. The number of fused-ring (bicyclic) bond motifs is 1. The van der Waals surface area contributed by atoms with Crippen molar-refractivity contribution in [3.8, 4) is 0 Å². The molecule has 0 heterocycles. The second-order valence-corrected chi connectivity index (χ2v) is 6.15. The van der Waals surface area contributed by atoms with Gasteiger partial charge in [-0.3, -0.25) is 0 Å². The lowest BCUT2D eigenvalue weighted by molar-refractivity contribution is 0.793. The average Bonchev–Trinajstić information content (AvgIpc) is 3.03. The fraction of sp³-hybridized carbons (Fsp3) is 0.130. The number of hydrogen-bond donors (Lipinski definition) is 0. The van der Waals surface area contributed by atoms with Gasteiger partial charge in [-0.1, -0.05) is 97.9 Å². The van der Waals surface area contributed by atoms with Crippen LogP contribution in [0.25, 0.3) is 6.08 Å². The summed E-state index contributed by atoms with van der Waals surface area (Å²) in [6, 6.07) is 28.6. The first-order valence-electron chi connectivity index (χ1n) is 8.28. The lowest BCUT2D eigenvalue weighted by atomic mass is 9.71. The molecule has 0 bridgehead atoms. The quantitative estimate of drug-likeness (QED) is 0.589. The molecule has 23 heavy (non-hydrogen) atoms. The van der Waals surface area contributed by atoms with Gasteiger partial charge in [0.25, 0.3) is 0 Å². The van der Waals surface area contributed by atoms with Crippen molar-refractivity contribution in [1.29, 1.82) is 0 Å². The number of hydrogen-bond acceptors (Lipinski definition) is 0. The van der Waals surface area contributed by atoms with Gasteiger partial charge in [0, 0.05) is 0 Å². The third-order valence-electron chi connectivity index (χ3n) is 4.95. The zero-order valence-corrected chi connectivity index (χ0v) is 13.4. The van der Waals surface area contributed by atoms with Gasteiger partial charge in [-0.05, 0) is 34.2 Å². The summed E-state index contributed by atoms with van der Waals surface area (Å²) in [4.78, 5) is 0. The van der Waals surface area contributed by atoms with E-state index in [0.717, 1.165) is 6.42 Å². The van der Waals surface area contributed by atoms with E-state index in [1.54, 1.807) is 0 Å². The van der Waals surface area contributed by atoms with Crippen LogP contribution in [0.4, 0.5) is 0 Å². The standard InChI is InChI=1S/C23H20/c1-2-18-12-14-21(15-13-18)23(20-9-4-3-5-10-20)17-16-19-8-6-7-11-22(19)23/h3-17H,2H2,1H3. The van der Waals surface area contributed by atoms with Crippen LogP contribution < -0.4 is 0 Å². The molecule has 0 N–H and O–H groups in total. The van der Waals surface area contributed by atoms with Crippen LogP contribution in [0.3, 0.4) is 0 Å². The lowest BCUT2D eigenvalue weighted by Crippen LogP contribution is -2.25. The zero-order chi connectivity index (χ0) is 15.7. The molecule has 3 aromatic rings. The van der Waals surface area contributed by atoms with Crippen LogP contribution in [0, 0.1) is 0 Å². The normalized spacial score (nSPS) is 18.8. The molecular weight excluding hydrogens is 276 g/mol. The first kappa shape index (κ1) is 14.0. The molecule has 1 aliphatic carbocycles. The Bertz CT molecular complexity index is 841. The molecule has 0 amide bonds. The van der Waals surface area contributed by atoms with Crippen LogP contribution in [0.1, 0.15) is 34.7 Å². The van der Waals surface area contributed by atoms with Gasteiger partial charge in [0.2, 0.25) is 0 Å². The van der Waals surface area contributed by atoms with Gasteiger partial charge in [0.05, 0.1) is 5.41 Å². The molecule has 112 valence electrons. The number of allylic oxidation sites excluding steroid dienone is 1. The van der Waals surface area contributed by atoms with Crippen molar-refractivity contribution in [2.24, 2.45) is 0 Å². The van der Waals surface area contributed by atoms with Crippen molar-refractivity contribution in [2.45, 2.75) is 18.8 Å². The Labute approximate surface area is 138 Å². The predicted molar refractivity (Wildman–Crippen MR) is 97.6 cm³/mol. The Kier molecular flexibility index (Phi) is 3.38. The van der Waals surface area contributed by atoms with Crippen LogP contribution in [-0.2, 0) is 11.8 Å². The monoisotopic (exact) mass is 296 g/mol. The van der Waals surface area contributed by atoms with Gasteiger partial charge in [-0.15, -0.1) is 0 Å². The fourth-order valence-corrected chi connectivity index (χ4v) is 3.68. The van der Waals surface area contributed by atoms with E-state index in [1.807, 2.05) is 0 Å². The third-order valence-corrected chi connectivity index (χ3v) is 4.95. The molecule has 0 saturated carbocycles. The second kappa shape index (κ2) is 5.55. The first-order valence-corrected chi connectivity index (χ1v) is 8.28. The minimum atomic E-state index is -0.176. The summed E-state index contributed by atoms with van der Waals surface area (Å²) in [5.41, 5.74) is 6.55. The van der Waals surface area contributed by atoms with E-state index in [4.69, 9.17) is 0 Å². The van der Waals surface area contributed by atoms with Crippen molar-refractivity contribution < 1.29 is 0 Å². The molecule has 0 spiro atoms. The van der Waals surface area contributed by atoms with Crippen molar-refractivity contribution in [3.05, 3.63) is 113 Å². The molecule has 4 rings (SSSR count). The lowest BCUT2D eigenvalue weighted by Gasteiger charge is -2.31. The highest BCUT2D eigenvalue weighted by atomic mass is 14.4. The maximum atomic E-state index is 2.36. The molecule has 1 aliphatic rings.